The van der Waals surface area contributed by atoms with E-state index in [2.05, 4.69) is 17.4 Å². The molecule has 2 aromatic rings. The summed E-state index contributed by atoms with van der Waals surface area (Å²) >= 11 is 0. The molecule has 2 aromatic carbocycles. The SMILES string of the molecule is C[C@H](O)CNC(=O)Cc1ccc(-c2ccccc2)cc1. The second-order valence-corrected chi connectivity index (χ2v) is 4.89. The van der Waals surface area contributed by atoms with Crippen molar-refractivity contribution in [3.63, 3.8) is 0 Å². The number of carbonyl (C=O) groups is 1. The van der Waals surface area contributed by atoms with Crippen LogP contribution in [-0.2, 0) is 11.2 Å². The molecule has 0 bridgehead atoms. The topological polar surface area (TPSA) is 49.3 Å². The van der Waals surface area contributed by atoms with E-state index in [9.17, 15) is 4.79 Å². The minimum atomic E-state index is -0.514. The second kappa shape index (κ2) is 6.87. The Balaban J connectivity index is 1.97. The molecule has 0 aliphatic rings. The monoisotopic (exact) mass is 269 g/mol. The molecule has 0 aliphatic heterocycles. The molecule has 104 valence electrons. The van der Waals surface area contributed by atoms with Crippen molar-refractivity contribution in [1.82, 2.24) is 5.32 Å². The number of carbonyl (C=O) groups excluding carboxylic acids is 1. The van der Waals surface area contributed by atoms with Gasteiger partial charge in [-0.3, -0.25) is 4.79 Å². The van der Waals surface area contributed by atoms with Gasteiger partial charge in [-0.05, 0) is 23.6 Å². The smallest absolute Gasteiger partial charge is 0.224 e. The zero-order chi connectivity index (χ0) is 14.4. The highest BCUT2D eigenvalue weighted by Gasteiger charge is 2.05. The van der Waals surface area contributed by atoms with Crippen molar-refractivity contribution in [2.24, 2.45) is 0 Å². The summed E-state index contributed by atoms with van der Waals surface area (Å²) in [4.78, 5) is 11.6. The minimum absolute atomic E-state index is 0.0710. The molecule has 3 nitrogen and oxygen atoms in total. The van der Waals surface area contributed by atoms with Gasteiger partial charge in [0.25, 0.3) is 0 Å². The molecular formula is C17H19NO2. The van der Waals surface area contributed by atoms with Crippen LogP contribution in [0.2, 0.25) is 0 Å². The van der Waals surface area contributed by atoms with Crippen molar-refractivity contribution in [1.29, 1.82) is 0 Å². The molecule has 20 heavy (non-hydrogen) atoms. The number of amides is 1. The number of hydrogen-bond acceptors (Lipinski definition) is 2. The van der Waals surface area contributed by atoms with Gasteiger partial charge < -0.3 is 10.4 Å². The van der Waals surface area contributed by atoms with E-state index in [1.54, 1.807) is 6.92 Å². The van der Waals surface area contributed by atoms with Crippen molar-refractivity contribution >= 4 is 5.91 Å². The van der Waals surface area contributed by atoms with Crippen LogP contribution in [0.1, 0.15) is 12.5 Å². The maximum Gasteiger partial charge on any atom is 0.224 e. The Bertz CT molecular complexity index is 547. The first-order valence-corrected chi connectivity index (χ1v) is 6.74. The van der Waals surface area contributed by atoms with Crippen molar-refractivity contribution in [3.8, 4) is 11.1 Å². The summed E-state index contributed by atoms with van der Waals surface area (Å²) in [5.41, 5.74) is 3.27. The predicted molar refractivity (Wildman–Crippen MR) is 80.3 cm³/mol. The number of benzene rings is 2. The summed E-state index contributed by atoms with van der Waals surface area (Å²) in [7, 11) is 0. The number of hydrogen-bond donors (Lipinski definition) is 2. The van der Waals surface area contributed by atoms with E-state index in [0.29, 0.717) is 13.0 Å². The first kappa shape index (κ1) is 14.3. The van der Waals surface area contributed by atoms with E-state index >= 15 is 0 Å². The summed E-state index contributed by atoms with van der Waals surface area (Å²) in [5.74, 6) is -0.0710. The largest absolute Gasteiger partial charge is 0.392 e. The highest BCUT2D eigenvalue weighted by molar-refractivity contribution is 5.78. The van der Waals surface area contributed by atoms with Crippen LogP contribution in [-0.4, -0.2) is 23.7 Å². The normalized spacial score (nSPS) is 11.9. The Morgan fingerprint density at radius 1 is 1.05 bits per heavy atom. The molecule has 0 unspecified atom stereocenters. The van der Waals surface area contributed by atoms with E-state index in [0.717, 1.165) is 16.7 Å². The fourth-order valence-corrected chi connectivity index (χ4v) is 1.96. The van der Waals surface area contributed by atoms with Gasteiger partial charge in [0.2, 0.25) is 5.91 Å². The van der Waals surface area contributed by atoms with E-state index < -0.39 is 6.10 Å². The van der Waals surface area contributed by atoms with Gasteiger partial charge in [0.1, 0.15) is 0 Å². The van der Waals surface area contributed by atoms with E-state index in [4.69, 9.17) is 5.11 Å². The van der Waals surface area contributed by atoms with E-state index in [1.165, 1.54) is 0 Å². The zero-order valence-corrected chi connectivity index (χ0v) is 11.5. The van der Waals surface area contributed by atoms with Gasteiger partial charge in [0.05, 0.1) is 12.5 Å². The fraction of sp³-hybridized carbons (Fsp3) is 0.235. The molecule has 0 aromatic heterocycles. The summed E-state index contributed by atoms with van der Waals surface area (Å²) in [6, 6.07) is 18.1. The molecule has 0 aliphatic carbocycles. The third-order valence-corrected chi connectivity index (χ3v) is 3.02. The lowest BCUT2D eigenvalue weighted by molar-refractivity contribution is -0.120. The lowest BCUT2D eigenvalue weighted by Gasteiger charge is -2.08. The van der Waals surface area contributed by atoms with Gasteiger partial charge in [-0.15, -0.1) is 0 Å². The Kier molecular flexibility index (Phi) is 4.91. The van der Waals surface area contributed by atoms with Crippen LogP contribution in [0.15, 0.2) is 54.6 Å². The number of aliphatic hydroxyl groups is 1. The summed E-state index contributed by atoms with van der Waals surface area (Å²) in [6.07, 6.45) is -0.179. The Morgan fingerprint density at radius 2 is 1.65 bits per heavy atom. The number of rotatable bonds is 5. The van der Waals surface area contributed by atoms with Gasteiger partial charge in [-0.2, -0.15) is 0 Å². The maximum absolute atomic E-state index is 11.6. The molecule has 1 atom stereocenters. The van der Waals surface area contributed by atoms with Crippen molar-refractivity contribution in [2.75, 3.05) is 6.54 Å². The Hall–Kier alpha value is -2.13. The van der Waals surface area contributed by atoms with Crippen molar-refractivity contribution < 1.29 is 9.90 Å². The highest BCUT2D eigenvalue weighted by atomic mass is 16.3. The molecule has 0 saturated carbocycles. The van der Waals surface area contributed by atoms with E-state index in [-0.39, 0.29) is 5.91 Å². The molecule has 0 saturated heterocycles. The lowest BCUT2D eigenvalue weighted by Crippen LogP contribution is -2.31. The van der Waals surface area contributed by atoms with Crippen LogP contribution in [0.4, 0.5) is 0 Å². The Morgan fingerprint density at radius 3 is 2.25 bits per heavy atom. The van der Waals surface area contributed by atoms with Crippen LogP contribution < -0.4 is 5.32 Å². The molecule has 0 spiro atoms. The average Bonchev–Trinajstić information content (AvgIpc) is 2.47. The van der Waals surface area contributed by atoms with Crippen LogP contribution in [0.5, 0.6) is 0 Å². The van der Waals surface area contributed by atoms with E-state index in [1.807, 2.05) is 42.5 Å². The van der Waals surface area contributed by atoms with Crippen molar-refractivity contribution in [2.45, 2.75) is 19.4 Å². The molecule has 1 amide bonds. The zero-order valence-electron chi connectivity index (χ0n) is 11.5. The average molecular weight is 269 g/mol. The van der Waals surface area contributed by atoms with Crippen LogP contribution in [0.3, 0.4) is 0 Å². The summed E-state index contributed by atoms with van der Waals surface area (Å²) < 4.78 is 0. The van der Waals surface area contributed by atoms with Gasteiger partial charge in [0.15, 0.2) is 0 Å². The molecule has 0 radical (unpaired) electrons. The van der Waals surface area contributed by atoms with Gasteiger partial charge >= 0.3 is 0 Å². The maximum atomic E-state index is 11.6. The molecule has 2 rings (SSSR count). The third kappa shape index (κ3) is 4.21. The lowest BCUT2D eigenvalue weighted by atomic mass is 10.0. The number of aliphatic hydroxyl groups excluding tert-OH is 1. The number of nitrogens with one attached hydrogen (secondary N) is 1. The van der Waals surface area contributed by atoms with Crippen LogP contribution in [0.25, 0.3) is 11.1 Å². The highest BCUT2D eigenvalue weighted by Crippen LogP contribution is 2.19. The molecule has 3 heteroatoms. The predicted octanol–water partition coefficient (Wildman–Crippen LogP) is 2.39. The minimum Gasteiger partial charge on any atom is -0.392 e. The third-order valence-electron chi connectivity index (χ3n) is 3.02. The molecule has 2 N–H and O–H groups in total. The quantitative estimate of drug-likeness (QED) is 0.875. The first-order chi connectivity index (χ1) is 9.65. The first-order valence-electron chi connectivity index (χ1n) is 6.74. The van der Waals surface area contributed by atoms with Crippen LogP contribution in [0, 0.1) is 0 Å². The second-order valence-electron chi connectivity index (χ2n) is 4.89. The molecule has 0 fully saturated rings. The standard InChI is InChI=1S/C17H19NO2/c1-13(19)12-18-17(20)11-14-7-9-16(10-8-14)15-5-3-2-4-6-15/h2-10,13,19H,11-12H2,1H3,(H,18,20)/t13-/m0/s1. The van der Waals surface area contributed by atoms with Gasteiger partial charge in [-0.25, -0.2) is 0 Å². The Labute approximate surface area is 119 Å². The molecule has 0 heterocycles. The van der Waals surface area contributed by atoms with Crippen molar-refractivity contribution in [3.05, 3.63) is 60.2 Å². The van der Waals surface area contributed by atoms with Gasteiger partial charge in [-0.1, -0.05) is 54.6 Å². The summed E-state index contributed by atoms with van der Waals surface area (Å²) in [5, 5.41) is 11.8. The van der Waals surface area contributed by atoms with Gasteiger partial charge in [0, 0.05) is 6.54 Å². The summed E-state index contributed by atoms with van der Waals surface area (Å²) in [6.45, 7) is 1.94. The fourth-order valence-electron chi connectivity index (χ4n) is 1.96. The molecular weight excluding hydrogens is 250 g/mol. The van der Waals surface area contributed by atoms with Crippen LogP contribution >= 0.6 is 0 Å².